The number of rotatable bonds is 8. The number of hydrogen-bond donors (Lipinski definition) is 3. The van der Waals surface area contributed by atoms with Crippen LogP contribution < -0.4 is 21.1 Å². The van der Waals surface area contributed by atoms with E-state index in [0.717, 1.165) is 5.56 Å². The Labute approximate surface area is 193 Å². The quantitative estimate of drug-likeness (QED) is 0.529. The molecule has 0 radical (unpaired) electrons. The number of ketones is 1. The number of Topliss-reactive ketones (excluding diaryl/α,β-unsaturated/α-hetero) is 1. The first kappa shape index (κ1) is 24.3. The molecule has 2 aromatic carbocycles. The van der Waals surface area contributed by atoms with Gasteiger partial charge in [-0.3, -0.25) is 9.59 Å². The maximum absolute atomic E-state index is 13.5. The van der Waals surface area contributed by atoms with Crippen LogP contribution in [0.15, 0.2) is 54.6 Å². The number of hydrogen-bond acceptors (Lipinski definition) is 6. The fraction of sp³-hybridized carbons (Fsp3) is 0.400. The van der Waals surface area contributed by atoms with Crippen LogP contribution in [-0.2, 0) is 14.9 Å². The summed E-state index contributed by atoms with van der Waals surface area (Å²) in [6.45, 7) is -0.145. The first-order valence-corrected chi connectivity index (χ1v) is 11.0. The van der Waals surface area contributed by atoms with E-state index in [-0.39, 0.29) is 24.3 Å². The van der Waals surface area contributed by atoms with Crippen LogP contribution in [0.4, 0.5) is 4.79 Å². The number of ether oxygens (including phenoxy) is 2. The highest BCUT2D eigenvalue weighted by Crippen LogP contribution is 2.43. The van der Waals surface area contributed by atoms with Crippen molar-refractivity contribution in [3.8, 4) is 5.75 Å². The highest BCUT2D eigenvalue weighted by Gasteiger charge is 2.46. The van der Waals surface area contributed by atoms with Gasteiger partial charge in [-0.05, 0) is 43.4 Å². The molecule has 2 aromatic rings. The highest BCUT2D eigenvalue weighted by atomic mass is 16.6. The summed E-state index contributed by atoms with van der Waals surface area (Å²) in [6.07, 6.45) is 1.30. The molecule has 0 aliphatic heterocycles. The molecule has 1 saturated carbocycles. The van der Waals surface area contributed by atoms with Crippen LogP contribution in [0.2, 0.25) is 0 Å². The van der Waals surface area contributed by atoms with Crippen molar-refractivity contribution >= 4 is 17.8 Å². The Morgan fingerprint density at radius 2 is 1.70 bits per heavy atom. The van der Waals surface area contributed by atoms with Crippen LogP contribution >= 0.6 is 0 Å². The lowest BCUT2D eigenvalue weighted by molar-refractivity contribution is -0.119. The third kappa shape index (κ3) is 5.51. The molecule has 33 heavy (non-hydrogen) atoms. The minimum atomic E-state index is -0.792. The molecule has 2 amide bonds. The van der Waals surface area contributed by atoms with Crippen molar-refractivity contribution in [2.75, 3.05) is 20.7 Å². The molecule has 1 unspecified atom stereocenters. The molecule has 1 aliphatic carbocycles. The fourth-order valence-electron chi connectivity index (χ4n) is 4.47. The summed E-state index contributed by atoms with van der Waals surface area (Å²) in [4.78, 5) is 36.9. The monoisotopic (exact) mass is 453 g/mol. The zero-order chi connectivity index (χ0) is 23.8. The molecular formula is C25H31N3O5. The van der Waals surface area contributed by atoms with Gasteiger partial charge in [-0.2, -0.15) is 0 Å². The molecule has 8 nitrogen and oxygen atoms in total. The molecule has 176 valence electrons. The van der Waals surface area contributed by atoms with Gasteiger partial charge in [-0.25, -0.2) is 4.79 Å². The van der Waals surface area contributed by atoms with Gasteiger partial charge in [0.2, 0.25) is 5.91 Å². The number of methoxy groups -OCH3 is 1. The van der Waals surface area contributed by atoms with Crippen LogP contribution in [0.3, 0.4) is 0 Å². The molecule has 0 bridgehead atoms. The van der Waals surface area contributed by atoms with Gasteiger partial charge < -0.3 is 25.8 Å². The van der Waals surface area contributed by atoms with Gasteiger partial charge in [-0.1, -0.05) is 42.5 Å². The number of nitrogens with two attached hydrogens (primary N) is 1. The molecule has 0 spiro atoms. The van der Waals surface area contributed by atoms with E-state index in [4.69, 9.17) is 15.2 Å². The van der Waals surface area contributed by atoms with Gasteiger partial charge in [0.1, 0.15) is 11.9 Å². The van der Waals surface area contributed by atoms with Crippen LogP contribution in [-0.4, -0.2) is 50.6 Å². The fourth-order valence-corrected chi connectivity index (χ4v) is 4.47. The Morgan fingerprint density at radius 1 is 1.06 bits per heavy atom. The Morgan fingerprint density at radius 3 is 2.33 bits per heavy atom. The molecule has 4 N–H and O–H groups in total. The average Bonchev–Trinajstić information content (AvgIpc) is 2.87. The zero-order valence-electron chi connectivity index (χ0n) is 19.0. The van der Waals surface area contributed by atoms with Gasteiger partial charge >= 0.3 is 6.09 Å². The van der Waals surface area contributed by atoms with Crippen LogP contribution in [0, 0.1) is 0 Å². The van der Waals surface area contributed by atoms with Crippen molar-refractivity contribution in [3.05, 3.63) is 65.7 Å². The Kier molecular flexibility index (Phi) is 8.06. The van der Waals surface area contributed by atoms with Gasteiger partial charge in [-0.15, -0.1) is 0 Å². The number of para-hydroxylation sites is 1. The Balaban J connectivity index is 1.78. The van der Waals surface area contributed by atoms with E-state index in [1.165, 1.54) is 14.2 Å². The maximum atomic E-state index is 13.5. The molecule has 1 atom stereocenters. The minimum Gasteiger partial charge on any atom is -0.496 e. The summed E-state index contributed by atoms with van der Waals surface area (Å²) in [5.74, 6) is 0.00414. The molecular weight excluding hydrogens is 422 g/mol. The number of carbonyl (C=O) groups excluding carboxylic acids is 3. The maximum Gasteiger partial charge on any atom is 0.407 e. The second kappa shape index (κ2) is 11.0. The predicted molar refractivity (Wildman–Crippen MR) is 124 cm³/mol. The Hall–Kier alpha value is -3.39. The summed E-state index contributed by atoms with van der Waals surface area (Å²) in [7, 11) is 3.03. The van der Waals surface area contributed by atoms with Crippen molar-refractivity contribution in [1.82, 2.24) is 10.6 Å². The predicted octanol–water partition coefficient (Wildman–Crippen LogP) is 2.56. The first-order chi connectivity index (χ1) is 15.9. The van der Waals surface area contributed by atoms with Gasteiger partial charge in [0, 0.05) is 12.5 Å². The first-order valence-electron chi connectivity index (χ1n) is 11.0. The minimum absolute atomic E-state index is 0.145. The second-order valence-electron chi connectivity index (χ2n) is 8.20. The summed E-state index contributed by atoms with van der Waals surface area (Å²) in [5, 5.41) is 4.88. The number of carbonyl (C=O) groups is 3. The molecule has 1 fully saturated rings. The van der Waals surface area contributed by atoms with E-state index < -0.39 is 17.6 Å². The largest absolute Gasteiger partial charge is 0.496 e. The van der Waals surface area contributed by atoms with E-state index in [0.29, 0.717) is 37.0 Å². The van der Waals surface area contributed by atoms with Crippen molar-refractivity contribution < 1.29 is 23.9 Å². The topological polar surface area (TPSA) is 120 Å². The van der Waals surface area contributed by atoms with Gasteiger partial charge in [0.15, 0.2) is 5.78 Å². The Bertz CT molecular complexity index is 971. The third-order valence-electron chi connectivity index (χ3n) is 6.37. The summed E-state index contributed by atoms with van der Waals surface area (Å²) >= 11 is 0. The molecule has 0 heterocycles. The van der Waals surface area contributed by atoms with Crippen LogP contribution in [0.25, 0.3) is 0 Å². The molecule has 3 rings (SSSR count). The number of likely N-dealkylation sites (N-methyl/N-ethyl adjacent to an activating group) is 1. The SMILES string of the molecule is CNC(=O)CNC(=O)OC1CCC(c2ccccc2)(C(N)C(=O)c2ccccc2OC)CC1. The molecule has 1 aliphatic rings. The van der Waals surface area contributed by atoms with E-state index in [1.807, 2.05) is 36.4 Å². The average molecular weight is 454 g/mol. The zero-order valence-corrected chi connectivity index (χ0v) is 19.0. The van der Waals surface area contributed by atoms with E-state index in [1.54, 1.807) is 18.2 Å². The van der Waals surface area contributed by atoms with Crippen molar-refractivity contribution in [2.45, 2.75) is 43.2 Å². The summed E-state index contributed by atoms with van der Waals surface area (Å²) in [6, 6.07) is 16.1. The number of alkyl carbamates (subject to hydrolysis) is 1. The number of amides is 2. The normalized spacial score (nSPS) is 20.9. The number of benzene rings is 2. The number of nitrogens with one attached hydrogen (secondary N) is 2. The van der Waals surface area contributed by atoms with E-state index >= 15 is 0 Å². The van der Waals surface area contributed by atoms with Gasteiger partial charge in [0.25, 0.3) is 0 Å². The van der Waals surface area contributed by atoms with Crippen molar-refractivity contribution in [3.63, 3.8) is 0 Å². The van der Waals surface area contributed by atoms with E-state index in [9.17, 15) is 14.4 Å². The summed E-state index contributed by atoms with van der Waals surface area (Å²) < 4.78 is 10.9. The van der Waals surface area contributed by atoms with Gasteiger partial charge in [0.05, 0.1) is 25.3 Å². The molecule has 8 heteroatoms. The van der Waals surface area contributed by atoms with Crippen LogP contribution in [0.5, 0.6) is 5.75 Å². The third-order valence-corrected chi connectivity index (χ3v) is 6.37. The van der Waals surface area contributed by atoms with E-state index in [2.05, 4.69) is 10.6 Å². The highest BCUT2D eigenvalue weighted by molar-refractivity contribution is 6.03. The smallest absolute Gasteiger partial charge is 0.407 e. The van der Waals surface area contributed by atoms with Crippen LogP contribution in [0.1, 0.15) is 41.6 Å². The van der Waals surface area contributed by atoms with Crippen molar-refractivity contribution in [2.24, 2.45) is 5.73 Å². The molecule has 0 aromatic heterocycles. The van der Waals surface area contributed by atoms with Crippen molar-refractivity contribution in [1.29, 1.82) is 0 Å². The standard InChI is InChI=1S/C25H31N3O5/c1-27-21(29)16-28-24(31)33-18-12-14-25(15-13-18,17-8-4-3-5-9-17)23(26)22(30)19-10-6-7-11-20(19)32-2/h3-11,18,23H,12-16,26H2,1-2H3,(H,27,29)(H,28,31). The second-order valence-corrected chi connectivity index (χ2v) is 8.20. The lowest BCUT2D eigenvalue weighted by atomic mass is 9.63. The molecule has 0 saturated heterocycles. The lowest BCUT2D eigenvalue weighted by Crippen LogP contribution is -2.53. The lowest BCUT2D eigenvalue weighted by Gasteiger charge is -2.43. The summed E-state index contributed by atoms with van der Waals surface area (Å²) in [5.41, 5.74) is 7.53.